The Hall–Kier alpha value is -2.24. The van der Waals surface area contributed by atoms with E-state index in [9.17, 15) is 4.79 Å². The number of likely N-dealkylation sites (tertiary alicyclic amines) is 1. The second-order valence-electron chi connectivity index (χ2n) is 6.48. The molecule has 0 bridgehead atoms. The number of esters is 1. The number of guanidine groups is 1. The lowest BCUT2D eigenvalue weighted by Gasteiger charge is -2.33. The van der Waals surface area contributed by atoms with Crippen LogP contribution in [-0.2, 0) is 16.1 Å². The maximum absolute atomic E-state index is 11.9. The summed E-state index contributed by atoms with van der Waals surface area (Å²) in [4.78, 5) is 20.6. The molecule has 1 aliphatic heterocycles. The van der Waals surface area contributed by atoms with Crippen molar-refractivity contribution in [1.82, 2.24) is 10.2 Å². The van der Waals surface area contributed by atoms with Gasteiger partial charge < -0.3 is 19.9 Å². The number of aliphatic imine (C=N–C) groups is 1. The molecule has 0 spiro atoms. The molecule has 1 aliphatic rings. The number of benzene rings is 1. The van der Waals surface area contributed by atoms with Crippen LogP contribution in [0.1, 0.15) is 25.3 Å². The fourth-order valence-corrected chi connectivity index (χ4v) is 3.05. The Labute approximate surface area is 150 Å². The number of hydrogen-bond acceptors (Lipinski definition) is 4. The van der Waals surface area contributed by atoms with E-state index in [1.807, 2.05) is 21.0 Å². The Balaban J connectivity index is 1.87. The number of nitrogens with zero attached hydrogens (tertiary/aromatic N) is 3. The number of nitrogens with one attached hydrogen (secondary N) is 1. The SMILES string of the molecule is CCOC(=O)C1CCN(C(=NC)NCc2cccc(N(C)C)c2)CC1. The molecule has 0 radical (unpaired) electrons. The predicted octanol–water partition coefficient (Wildman–Crippen LogP) is 2.10. The van der Waals surface area contributed by atoms with Crippen LogP contribution >= 0.6 is 0 Å². The van der Waals surface area contributed by atoms with Crippen molar-refractivity contribution in [2.24, 2.45) is 10.9 Å². The van der Waals surface area contributed by atoms with Gasteiger partial charge in [-0.05, 0) is 37.5 Å². The van der Waals surface area contributed by atoms with Crippen molar-refractivity contribution in [3.8, 4) is 0 Å². The highest BCUT2D eigenvalue weighted by molar-refractivity contribution is 5.80. The minimum atomic E-state index is -0.0643. The van der Waals surface area contributed by atoms with Crippen molar-refractivity contribution in [2.45, 2.75) is 26.3 Å². The zero-order valence-electron chi connectivity index (χ0n) is 15.8. The largest absolute Gasteiger partial charge is 0.466 e. The van der Waals surface area contributed by atoms with Gasteiger partial charge in [0.15, 0.2) is 5.96 Å². The van der Waals surface area contributed by atoms with E-state index in [1.54, 1.807) is 7.05 Å². The molecule has 2 rings (SSSR count). The zero-order chi connectivity index (χ0) is 18.2. The van der Waals surface area contributed by atoms with Gasteiger partial charge in [-0.2, -0.15) is 0 Å². The summed E-state index contributed by atoms with van der Waals surface area (Å²) in [6, 6.07) is 8.45. The number of carbonyl (C=O) groups excluding carboxylic acids is 1. The van der Waals surface area contributed by atoms with Crippen LogP contribution in [0.5, 0.6) is 0 Å². The summed E-state index contributed by atoms with van der Waals surface area (Å²) in [7, 11) is 5.88. The molecule has 0 unspecified atom stereocenters. The van der Waals surface area contributed by atoms with Crippen molar-refractivity contribution in [3.63, 3.8) is 0 Å². The molecule has 138 valence electrons. The second kappa shape index (κ2) is 9.30. The molecular formula is C19H30N4O2. The van der Waals surface area contributed by atoms with Gasteiger partial charge in [-0.1, -0.05) is 12.1 Å². The maximum Gasteiger partial charge on any atom is 0.309 e. The van der Waals surface area contributed by atoms with Gasteiger partial charge in [0, 0.05) is 46.5 Å². The first-order chi connectivity index (χ1) is 12.0. The van der Waals surface area contributed by atoms with E-state index in [0.29, 0.717) is 6.61 Å². The van der Waals surface area contributed by atoms with Crippen LogP contribution in [0.4, 0.5) is 5.69 Å². The summed E-state index contributed by atoms with van der Waals surface area (Å²) in [5.41, 5.74) is 2.40. The lowest BCUT2D eigenvalue weighted by Crippen LogP contribution is -2.46. The fraction of sp³-hybridized carbons (Fsp3) is 0.579. The summed E-state index contributed by atoms with van der Waals surface area (Å²) in [6.45, 7) is 4.67. The molecular weight excluding hydrogens is 316 g/mol. The first-order valence-electron chi connectivity index (χ1n) is 8.93. The Kier molecular flexibility index (Phi) is 7.10. The van der Waals surface area contributed by atoms with Gasteiger partial charge in [0.05, 0.1) is 12.5 Å². The lowest BCUT2D eigenvalue weighted by molar-refractivity contribution is -0.149. The first kappa shape index (κ1) is 19.1. The number of piperidine rings is 1. The third kappa shape index (κ3) is 5.37. The number of hydrogen-bond donors (Lipinski definition) is 1. The third-order valence-electron chi connectivity index (χ3n) is 4.50. The maximum atomic E-state index is 11.9. The first-order valence-corrected chi connectivity index (χ1v) is 8.93. The van der Waals surface area contributed by atoms with Crippen LogP contribution in [0.2, 0.25) is 0 Å². The van der Waals surface area contributed by atoms with Crippen molar-refractivity contribution < 1.29 is 9.53 Å². The topological polar surface area (TPSA) is 57.2 Å². The van der Waals surface area contributed by atoms with E-state index in [1.165, 1.54) is 11.3 Å². The molecule has 1 N–H and O–H groups in total. The van der Waals surface area contributed by atoms with Crippen molar-refractivity contribution in [1.29, 1.82) is 0 Å². The number of anilines is 1. The van der Waals surface area contributed by atoms with Crippen LogP contribution < -0.4 is 10.2 Å². The van der Waals surface area contributed by atoms with E-state index in [4.69, 9.17) is 4.74 Å². The molecule has 0 amide bonds. The predicted molar refractivity (Wildman–Crippen MR) is 102 cm³/mol. The molecule has 1 fully saturated rings. The van der Waals surface area contributed by atoms with Crippen LogP contribution in [0.15, 0.2) is 29.3 Å². The standard InChI is InChI=1S/C19H30N4O2/c1-5-25-18(24)16-9-11-23(12-10-16)19(20-2)21-14-15-7-6-8-17(13-15)22(3)4/h6-8,13,16H,5,9-12,14H2,1-4H3,(H,20,21). The molecule has 6 heteroatoms. The normalized spacial score (nSPS) is 15.8. The van der Waals surface area contributed by atoms with E-state index < -0.39 is 0 Å². The molecule has 1 heterocycles. The summed E-state index contributed by atoms with van der Waals surface area (Å²) >= 11 is 0. The van der Waals surface area contributed by atoms with Gasteiger partial charge in [-0.15, -0.1) is 0 Å². The molecule has 1 saturated heterocycles. The highest BCUT2D eigenvalue weighted by atomic mass is 16.5. The van der Waals surface area contributed by atoms with Crippen LogP contribution in [-0.4, -0.2) is 57.7 Å². The summed E-state index contributed by atoms with van der Waals surface area (Å²) in [5.74, 6) is 0.842. The van der Waals surface area contributed by atoms with Gasteiger partial charge in [0.1, 0.15) is 0 Å². The van der Waals surface area contributed by atoms with Gasteiger partial charge in [0.25, 0.3) is 0 Å². The van der Waals surface area contributed by atoms with E-state index >= 15 is 0 Å². The molecule has 0 saturated carbocycles. The highest BCUT2D eigenvalue weighted by Crippen LogP contribution is 2.19. The summed E-state index contributed by atoms with van der Waals surface area (Å²) < 4.78 is 5.13. The number of carbonyl (C=O) groups is 1. The fourth-order valence-electron chi connectivity index (χ4n) is 3.05. The van der Waals surface area contributed by atoms with Gasteiger partial charge >= 0.3 is 5.97 Å². The van der Waals surface area contributed by atoms with Crippen molar-refractivity contribution in [3.05, 3.63) is 29.8 Å². The van der Waals surface area contributed by atoms with E-state index in [0.717, 1.165) is 38.4 Å². The highest BCUT2D eigenvalue weighted by Gasteiger charge is 2.27. The molecule has 0 atom stereocenters. The summed E-state index contributed by atoms with van der Waals surface area (Å²) in [5, 5.41) is 3.43. The van der Waals surface area contributed by atoms with Crippen molar-refractivity contribution >= 4 is 17.6 Å². The van der Waals surface area contributed by atoms with Gasteiger partial charge in [0.2, 0.25) is 0 Å². The number of rotatable bonds is 5. The summed E-state index contributed by atoms with van der Waals surface area (Å²) in [6.07, 6.45) is 1.63. The zero-order valence-corrected chi connectivity index (χ0v) is 15.8. The third-order valence-corrected chi connectivity index (χ3v) is 4.50. The lowest BCUT2D eigenvalue weighted by atomic mass is 9.97. The van der Waals surface area contributed by atoms with E-state index in [-0.39, 0.29) is 11.9 Å². The molecule has 0 aromatic heterocycles. The van der Waals surface area contributed by atoms with Crippen LogP contribution in [0.25, 0.3) is 0 Å². The molecule has 1 aromatic carbocycles. The molecule has 1 aromatic rings. The Morgan fingerprint density at radius 1 is 1.36 bits per heavy atom. The smallest absolute Gasteiger partial charge is 0.309 e. The molecule has 0 aliphatic carbocycles. The number of ether oxygens (including phenoxy) is 1. The van der Waals surface area contributed by atoms with Crippen LogP contribution in [0, 0.1) is 5.92 Å². The average molecular weight is 346 g/mol. The monoisotopic (exact) mass is 346 g/mol. The van der Waals surface area contributed by atoms with Crippen LogP contribution in [0.3, 0.4) is 0 Å². The van der Waals surface area contributed by atoms with E-state index in [2.05, 4.69) is 44.4 Å². The van der Waals surface area contributed by atoms with Gasteiger partial charge in [-0.25, -0.2) is 0 Å². The molecule has 25 heavy (non-hydrogen) atoms. The Morgan fingerprint density at radius 3 is 2.68 bits per heavy atom. The Morgan fingerprint density at radius 2 is 2.08 bits per heavy atom. The minimum absolute atomic E-state index is 0.0195. The average Bonchev–Trinajstić information content (AvgIpc) is 2.63. The van der Waals surface area contributed by atoms with Crippen molar-refractivity contribution in [2.75, 3.05) is 45.7 Å². The second-order valence-corrected chi connectivity index (χ2v) is 6.48. The van der Waals surface area contributed by atoms with Gasteiger partial charge in [-0.3, -0.25) is 9.79 Å². The molecule has 6 nitrogen and oxygen atoms in total. The quantitative estimate of drug-likeness (QED) is 0.503. The minimum Gasteiger partial charge on any atom is -0.466 e. The Bertz CT molecular complexity index is 593.